The Morgan fingerprint density at radius 3 is 2.62 bits per heavy atom. The quantitative estimate of drug-likeness (QED) is 0.807. The first-order valence-corrected chi connectivity index (χ1v) is 9.42. The van der Waals surface area contributed by atoms with E-state index in [1.807, 2.05) is 31.0 Å². The lowest BCUT2D eigenvalue weighted by molar-refractivity contribution is -0.131. The number of nitrogens with zero attached hydrogens (tertiary/aromatic N) is 3. The van der Waals surface area contributed by atoms with Gasteiger partial charge in [-0.05, 0) is 43.7 Å². The van der Waals surface area contributed by atoms with Gasteiger partial charge in [0.05, 0.1) is 5.41 Å². The minimum absolute atomic E-state index is 0.0306. The summed E-state index contributed by atoms with van der Waals surface area (Å²) in [7, 11) is 1.93. The molecule has 1 saturated heterocycles. The van der Waals surface area contributed by atoms with Gasteiger partial charge < -0.3 is 15.1 Å². The van der Waals surface area contributed by atoms with Crippen LogP contribution in [0.3, 0.4) is 0 Å². The molecule has 2 aromatic rings. The summed E-state index contributed by atoms with van der Waals surface area (Å²) >= 11 is 0. The van der Waals surface area contributed by atoms with Gasteiger partial charge in [-0.2, -0.15) is 0 Å². The third-order valence-electron chi connectivity index (χ3n) is 5.19. The van der Waals surface area contributed by atoms with E-state index < -0.39 is 17.0 Å². The number of hydrogen-bond acceptors (Lipinski definition) is 4. The number of carbonyl (C=O) groups is 2. The highest BCUT2D eigenvalue weighted by molar-refractivity contribution is 6.02. The highest BCUT2D eigenvalue weighted by Crippen LogP contribution is 2.35. The minimum Gasteiger partial charge on any atom is -0.360 e. The van der Waals surface area contributed by atoms with E-state index >= 15 is 0 Å². The van der Waals surface area contributed by atoms with E-state index in [-0.39, 0.29) is 30.5 Å². The van der Waals surface area contributed by atoms with Crippen molar-refractivity contribution in [1.82, 2.24) is 10.3 Å². The fourth-order valence-electron chi connectivity index (χ4n) is 3.34. The van der Waals surface area contributed by atoms with E-state index in [4.69, 9.17) is 0 Å². The van der Waals surface area contributed by atoms with Crippen molar-refractivity contribution in [2.24, 2.45) is 5.41 Å². The van der Waals surface area contributed by atoms with Gasteiger partial charge in [-0.3, -0.25) is 9.59 Å². The van der Waals surface area contributed by atoms with Gasteiger partial charge in [0.2, 0.25) is 11.8 Å². The molecule has 2 heterocycles. The van der Waals surface area contributed by atoms with E-state index in [2.05, 4.69) is 10.3 Å². The van der Waals surface area contributed by atoms with Gasteiger partial charge in [-0.15, -0.1) is 0 Å². The molecule has 1 aromatic heterocycles. The van der Waals surface area contributed by atoms with Gasteiger partial charge >= 0.3 is 0 Å². The second-order valence-electron chi connectivity index (χ2n) is 7.56. The highest BCUT2D eigenvalue weighted by Gasteiger charge is 2.45. The van der Waals surface area contributed by atoms with Crippen LogP contribution < -0.4 is 15.1 Å². The minimum atomic E-state index is -0.990. The van der Waals surface area contributed by atoms with E-state index in [1.54, 1.807) is 13.1 Å². The van der Waals surface area contributed by atoms with Crippen molar-refractivity contribution in [3.63, 3.8) is 0 Å². The molecule has 0 spiro atoms. The van der Waals surface area contributed by atoms with Gasteiger partial charge in [0.25, 0.3) is 0 Å². The van der Waals surface area contributed by atoms with Crippen molar-refractivity contribution < 1.29 is 18.4 Å². The fraction of sp³-hybridized carbons (Fsp3) is 0.381. The molecule has 3 rings (SSSR count). The molecule has 1 unspecified atom stereocenters. The second-order valence-corrected chi connectivity index (χ2v) is 7.56. The van der Waals surface area contributed by atoms with Crippen LogP contribution in [-0.4, -0.2) is 36.9 Å². The number of halogens is 2. The molecule has 6 nitrogen and oxygen atoms in total. The number of anilines is 2. The largest absolute Gasteiger partial charge is 0.360 e. The van der Waals surface area contributed by atoms with Crippen LogP contribution in [0.2, 0.25) is 0 Å². The molecule has 0 radical (unpaired) electrons. The standard InChI is InChI=1S/C21H24F2N4O2/c1-4-26(3)18-7-14(5-6-24-18)12-25-20(29)21(2)11-19(28)27(13-21)17-9-15(22)8-16(23)10-17/h5-10H,4,11-13H2,1-3H3,(H,25,29). The van der Waals surface area contributed by atoms with Crippen molar-refractivity contribution in [3.05, 3.63) is 53.7 Å². The Labute approximate surface area is 168 Å². The van der Waals surface area contributed by atoms with Crippen LogP contribution in [0, 0.1) is 17.0 Å². The Morgan fingerprint density at radius 2 is 1.97 bits per heavy atom. The maximum absolute atomic E-state index is 13.5. The Morgan fingerprint density at radius 1 is 1.28 bits per heavy atom. The van der Waals surface area contributed by atoms with Gasteiger partial charge in [0, 0.05) is 51.1 Å². The zero-order chi connectivity index (χ0) is 21.2. The third kappa shape index (κ3) is 4.52. The number of amides is 2. The monoisotopic (exact) mass is 402 g/mol. The van der Waals surface area contributed by atoms with E-state index in [1.165, 1.54) is 4.90 Å². The Kier molecular flexibility index (Phi) is 5.81. The molecule has 8 heteroatoms. The number of hydrogen-bond donors (Lipinski definition) is 1. The molecule has 0 saturated carbocycles. The van der Waals surface area contributed by atoms with Crippen LogP contribution in [0.5, 0.6) is 0 Å². The van der Waals surface area contributed by atoms with E-state index in [9.17, 15) is 18.4 Å². The van der Waals surface area contributed by atoms with E-state index in [0.29, 0.717) is 6.54 Å². The normalized spacial score (nSPS) is 18.8. The van der Waals surface area contributed by atoms with Gasteiger partial charge in [-0.1, -0.05) is 0 Å². The average molecular weight is 402 g/mol. The topological polar surface area (TPSA) is 65.5 Å². The fourth-order valence-corrected chi connectivity index (χ4v) is 3.34. The number of nitrogens with one attached hydrogen (secondary N) is 1. The van der Waals surface area contributed by atoms with E-state index in [0.717, 1.165) is 36.1 Å². The maximum atomic E-state index is 13.5. The van der Waals surface area contributed by atoms with Crippen molar-refractivity contribution in [1.29, 1.82) is 0 Å². The average Bonchev–Trinajstić information content (AvgIpc) is 3.00. The van der Waals surface area contributed by atoms with Gasteiger partial charge in [-0.25, -0.2) is 13.8 Å². The molecular formula is C21H24F2N4O2. The summed E-state index contributed by atoms with van der Waals surface area (Å²) in [5, 5.41) is 2.87. The Bertz CT molecular complexity index is 916. The summed E-state index contributed by atoms with van der Waals surface area (Å²) in [6, 6.07) is 6.64. The van der Waals surface area contributed by atoms with Gasteiger partial charge in [0.1, 0.15) is 17.5 Å². The lowest BCUT2D eigenvalue weighted by Crippen LogP contribution is -2.40. The van der Waals surface area contributed by atoms with Crippen LogP contribution in [-0.2, 0) is 16.1 Å². The molecule has 29 heavy (non-hydrogen) atoms. The van der Waals surface area contributed by atoms with Crippen molar-refractivity contribution in [3.8, 4) is 0 Å². The smallest absolute Gasteiger partial charge is 0.228 e. The van der Waals surface area contributed by atoms with Crippen LogP contribution in [0.25, 0.3) is 0 Å². The summed E-state index contributed by atoms with van der Waals surface area (Å²) in [5.41, 5.74) is 0.0155. The van der Waals surface area contributed by atoms with Crippen LogP contribution >= 0.6 is 0 Å². The summed E-state index contributed by atoms with van der Waals surface area (Å²) in [6.07, 6.45) is 1.65. The molecule has 1 fully saturated rings. The molecule has 2 amide bonds. The molecule has 1 atom stereocenters. The molecule has 1 aliphatic heterocycles. The lowest BCUT2D eigenvalue weighted by atomic mass is 9.88. The molecule has 1 aromatic carbocycles. The summed E-state index contributed by atoms with van der Waals surface area (Å²) in [4.78, 5) is 32.8. The lowest BCUT2D eigenvalue weighted by Gasteiger charge is -2.23. The molecule has 1 aliphatic rings. The van der Waals surface area contributed by atoms with Crippen molar-refractivity contribution in [2.75, 3.05) is 29.9 Å². The second kappa shape index (κ2) is 8.14. The van der Waals surface area contributed by atoms with Gasteiger partial charge in [0.15, 0.2) is 0 Å². The number of carbonyl (C=O) groups excluding carboxylic acids is 2. The van der Waals surface area contributed by atoms with Crippen LogP contribution in [0.15, 0.2) is 36.5 Å². The Hall–Kier alpha value is -3.03. The molecular weight excluding hydrogens is 378 g/mol. The van der Waals surface area contributed by atoms with Crippen LogP contribution in [0.1, 0.15) is 25.8 Å². The first kappa shape index (κ1) is 20.7. The summed E-state index contributed by atoms with van der Waals surface area (Å²) < 4.78 is 27.0. The summed E-state index contributed by atoms with van der Waals surface area (Å²) in [5.74, 6) is -1.36. The highest BCUT2D eigenvalue weighted by atomic mass is 19.1. The maximum Gasteiger partial charge on any atom is 0.228 e. The molecule has 0 aliphatic carbocycles. The number of benzene rings is 1. The third-order valence-corrected chi connectivity index (χ3v) is 5.19. The Balaban J connectivity index is 1.69. The SMILES string of the molecule is CCN(C)c1cc(CNC(=O)C2(C)CC(=O)N(c3cc(F)cc(F)c3)C2)ccn1. The number of pyridine rings is 1. The summed E-state index contributed by atoms with van der Waals surface area (Å²) in [6.45, 7) is 4.85. The predicted molar refractivity (Wildman–Crippen MR) is 106 cm³/mol. The zero-order valence-electron chi connectivity index (χ0n) is 16.7. The van der Waals surface area contributed by atoms with Crippen LogP contribution in [0.4, 0.5) is 20.3 Å². The number of aromatic nitrogens is 1. The first-order chi connectivity index (χ1) is 13.7. The predicted octanol–water partition coefficient (Wildman–Crippen LogP) is 2.88. The van der Waals surface area contributed by atoms with Crippen molar-refractivity contribution in [2.45, 2.75) is 26.8 Å². The molecule has 154 valence electrons. The molecule has 1 N–H and O–H groups in total. The number of rotatable bonds is 6. The van der Waals surface area contributed by atoms with Crippen molar-refractivity contribution >= 4 is 23.3 Å². The molecule has 0 bridgehead atoms. The first-order valence-electron chi connectivity index (χ1n) is 9.42. The zero-order valence-corrected chi connectivity index (χ0v) is 16.7.